The molecule has 1 aromatic heterocycles. The van der Waals surface area contributed by atoms with Crippen molar-refractivity contribution < 1.29 is 27.5 Å². The van der Waals surface area contributed by atoms with Gasteiger partial charge in [0.1, 0.15) is 11.3 Å². The molecule has 10 heteroatoms. The molecule has 162 valence electrons. The highest BCUT2D eigenvalue weighted by atomic mass is 35.5. The van der Waals surface area contributed by atoms with Gasteiger partial charge in [0.05, 0.1) is 22.8 Å². The van der Waals surface area contributed by atoms with E-state index in [9.17, 15) is 27.5 Å². The number of nitrogens with one attached hydrogen (secondary N) is 1. The quantitative estimate of drug-likeness (QED) is 0.462. The predicted octanol–water partition coefficient (Wildman–Crippen LogP) is 5.52. The Morgan fingerprint density at radius 2 is 1.87 bits per heavy atom. The maximum atomic E-state index is 13.7. The van der Waals surface area contributed by atoms with Crippen LogP contribution in [0.2, 0.25) is 10.2 Å². The molecule has 0 saturated heterocycles. The van der Waals surface area contributed by atoms with E-state index in [2.05, 4.69) is 10.3 Å². The van der Waals surface area contributed by atoms with E-state index in [1.807, 2.05) is 0 Å². The summed E-state index contributed by atoms with van der Waals surface area (Å²) in [7, 11) is 0. The van der Waals surface area contributed by atoms with Crippen LogP contribution in [0, 0.1) is 0 Å². The minimum atomic E-state index is -4.72. The summed E-state index contributed by atoms with van der Waals surface area (Å²) in [5, 5.41) is 13.6. The van der Waals surface area contributed by atoms with Crippen LogP contribution in [0.4, 0.5) is 17.6 Å². The number of benzene rings is 1. The molecule has 1 saturated carbocycles. The highest BCUT2D eigenvalue weighted by molar-refractivity contribution is 6.32. The number of pyridine rings is 1. The molecule has 0 radical (unpaired) electrons. The Hall–Kier alpha value is -1.90. The summed E-state index contributed by atoms with van der Waals surface area (Å²) in [4.78, 5) is 16.3. The first kappa shape index (κ1) is 22.8. The van der Waals surface area contributed by atoms with E-state index >= 15 is 0 Å². The molecule has 1 fully saturated rings. The fourth-order valence-electron chi connectivity index (χ4n) is 3.55. The molecule has 3 rings (SSSR count). The lowest BCUT2D eigenvalue weighted by molar-refractivity contribution is -0.137. The van der Waals surface area contributed by atoms with Gasteiger partial charge in [-0.15, -0.1) is 0 Å². The zero-order chi connectivity index (χ0) is 22.1. The van der Waals surface area contributed by atoms with Gasteiger partial charge >= 0.3 is 6.18 Å². The summed E-state index contributed by atoms with van der Waals surface area (Å²) < 4.78 is 52.7. The summed E-state index contributed by atoms with van der Waals surface area (Å²) in [6, 6.07) is 5.94. The maximum Gasteiger partial charge on any atom is 0.417 e. The number of rotatable bonds is 4. The largest absolute Gasteiger partial charge is 0.417 e. The predicted molar refractivity (Wildman–Crippen MR) is 104 cm³/mol. The Morgan fingerprint density at radius 3 is 2.47 bits per heavy atom. The van der Waals surface area contributed by atoms with Crippen molar-refractivity contribution in [2.24, 2.45) is 0 Å². The number of carbonyl (C=O) groups is 1. The topological polar surface area (TPSA) is 62.2 Å². The molecule has 0 spiro atoms. The van der Waals surface area contributed by atoms with Gasteiger partial charge in [0.15, 0.2) is 0 Å². The average molecular weight is 465 g/mol. The van der Waals surface area contributed by atoms with Crippen molar-refractivity contribution in [1.29, 1.82) is 0 Å². The Labute approximate surface area is 180 Å². The third-order valence-corrected chi connectivity index (χ3v) is 5.87. The smallest absolute Gasteiger partial charge is 0.387 e. The zero-order valence-electron chi connectivity index (χ0n) is 15.5. The first-order chi connectivity index (χ1) is 14.0. The second-order valence-electron chi connectivity index (χ2n) is 7.27. The van der Waals surface area contributed by atoms with Gasteiger partial charge in [-0.05, 0) is 43.4 Å². The summed E-state index contributed by atoms with van der Waals surface area (Å²) in [5.41, 5.74) is -2.80. The van der Waals surface area contributed by atoms with Gasteiger partial charge in [-0.25, -0.2) is 9.37 Å². The average Bonchev–Trinajstić information content (AvgIpc) is 2.68. The second-order valence-corrected chi connectivity index (χ2v) is 8.03. The SMILES string of the molecule is O=C(NC(c1ccccc1Cl)[C@]1(O)CC[C@@H](F)CC1)c1cc(C(F)(F)F)cnc1Cl. The summed E-state index contributed by atoms with van der Waals surface area (Å²) in [6.45, 7) is 0. The number of aliphatic hydroxyl groups is 1. The Morgan fingerprint density at radius 1 is 1.23 bits per heavy atom. The molecule has 30 heavy (non-hydrogen) atoms. The van der Waals surface area contributed by atoms with E-state index in [1.54, 1.807) is 24.3 Å². The molecule has 4 nitrogen and oxygen atoms in total. The van der Waals surface area contributed by atoms with Crippen LogP contribution in [0.1, 0.15) is 53.2 Å². The number of carbonyl (C=O) groups excluding carboxylic acids is 1. The van der Waals surface area contributed by atoms with E-state index in [1.165, 1.54) is 0 Å². The molecule has 2 aromatic rings. The van der Waals surface area contributed by atoms with E-state index in [0.29, 0.717) is 17.8 Å². The molecule has 1 aliphatic rings. The van der Waals surface area contributed by atoms with Gasteiger partial charge in [0.2, 0.25) is 0 Å². The monoisotopic (exact) mass is 464 g/mol. The molecule has 0 bridgehead atoms. The van der Waals surface area contributed by atoms with E-state index < -0.39 is 46.2 Å². The molecular formula is C20H18Cl2F4N2O2. The number of alkyl halides is 4. The van der Waals surface area contributed by atoms with Crippen LogP contribution in [-0.4, -0.2) is 27.8 Å². The summed E-state index contributed by atoms with van der Waals surface area (Å²) >= 11 is 12.1. The first-order valence-electron chi connectivity index (χ1n) is 9.16. The molecule has 1 heterocycles. The van der Waals surface area contributed by atoms with Crippen LogP contribution in [0.5, 0.6) is 0 Å². The van der Waals surface area contributed by atoms with Crippen molar-refractivity contribution >= 4 is 29.1 Å². The molecule has 1 aliphatic carbocycles. The third-order valence-electron chi connectivity index (χ3n) is 5.22. The zero-order valence-corrected chi connectivity index (χ0v) is 17.0. The normalized spacial score (nSPS) is 23.1. The number of nitrogens with zero attached hydrogens (tertiary/aromatic N) is 1. The van der Waals surface area contributed by atoms with Gasteiger partial charge < -0.3 is 10.4 Å². The molecule has 0 aliphatic heterocycles. The Bertz CT molecular complexity index is 931. The summed E-state index contributed by atoms with van der Waals surface area (Å²) in [5.74, 6) is -0.959. The lowest BCUT2D eigenvalue weighted by Gasteiger charge is -2.41. The van der Waals surface area contributed by atoms with Gasteiger partial charge in [-0.3, -0.25) is 4.79 Å². The lowest BCUT2D eigenvalue weighted by Crippen LogP contribution is -2.48. The van der Waals surface area contributed by atoms with Gasteiger partial charge in [0.25, 0.3) is 5.91 Å². The fraction of sp³-hybridized carbons (Fsp3) is 0.400. The molecule has 1 atom stereocenters. The fourth-order valence-corrected chi connectivity index (χ4v) is 3.99. The van der Waals surface area contributed by atoms with Crippen LogP contribution in [0.25, 0.3) is 0 Å². The maximum absolute atomic E-state index is 13.7. The minimum Gasteiger partial charge on any atom is -0.387 e. The van der Waals surface area contributed by atoms with Crippen molar-refractivity contribution in [2.45, 2.75) is 49.7 Å². The molecule has 2 N–H and O–H groups in total. The molecule has 1 unspecified atom stereocenters. The number of hydrogen-bond donors (Lipinski definition) is 2. The van der Waals surface area contributed by atoms with Crippen molar-refractivity contribution in [2.75, 3.05) is 0 Å². The molecule has 1 amide bonds. The molecular weight excluding hydrogens is 447 g/mol. The third kappa shape index (κ3) is 4.87. The standard InChI is InChI=1S/C20H18Cl2F4N2O2/c21-15-4-2-1-3-13(15)16(19(30)7-5-12(23)6-8-19)28-18(29)14-9-11(20(24,25)26)10-27-17(14)22/h1-4,9-10,12,16,30H,5-8H2,(H,28,29)/t12-,16?,19+. The first-order valence-corrected chi connectivity index (χ1v) is 9.91. The minimum absolute atomic E-state index is 0.0406. The van der Waals surface area contributed by atoms with E-state index in [4.69, 9.17) is 23.2 Å². The van der Waals surface area contributed by atoms with Gasteiger partial charge in [-0.2, -0.15) is 13.2 Å². The molecule has 1 aromatic carbocycles. The lowest BCUT2D eigenvalue weighted by atomic mass is 9.76. The number of amides is 1. The summed E-state index contributed by atoms with van der Waals surface area (Å²) in [6.07, 6.45) is -5.02. The van der Waals surface area contributed by atoms with Crippen LogP contribution < -0.4 is 5.32 Å². The Balaban J connectivity index is 1.98. The van der Waals surface area contributed by atoms with E-state index in [-0.39, 0.29) is 30.7 Å². The van der Waals surface area contributed by atoms with Crippen LogP contribution in [0.15, 0.2) is 36.5 Å². The number of halogens is 6. The Kier molecular flexibility index (Phi) is 6.60. The van der Waals surface area contributed by atoms with Crippen molar-refractivity contribution in [3.8, 4) is 0 Å². The van der Waals surface area contributed by atoms with E-state index in [0.717, 1.165) is 0 Å². The van der Waals surface area contributed by atoms with Crippen LogP contribution in [-0.2, 0) is 6.18 Å². The van der Waals surface area contributed by atoms with Gasteiger partial charge in [0, 0.05) is 11.2 Å². The van der Waals surface area contributed by atoms with Crippen LogP contribution >= 0.6 is 23.2 Å². The van der Waals surface area contributed by atoms with Gasteiger partial charge in [-0.1, -0.05) is 41.4 Å². The number of aromatic nitrogens is 1. The van der Waals surface area contributed by atoms with Crippen LogP contribution in [0.3, 0.4) is 0 Å². The highest BCUT2D eigenvalue weighted by Crippen LogP contribution is 2.41. The second kappa shape index (κ2) is 8.69. The van der Waals surface area contributed by atoms with Crippen molar-refractivity contribution in [3.05, 3.63) is 63.4 Å². The number of hydrogen-bond acceptors (Lipinski definition) is 3. The van der Waals surface area contributed by atoms with Crippen molar-refractivity contribution in [3.63, 3.8) is 0 Å². The van der Waals surface area contributed by atoms with Crippen molar-refractivity contribution in [1.82, 2.24) is 10.3 Å². The highest BCUT2D eigenvalue weighted by Gasteiger charge is 2.43.